The number of halogens is 1. The van der Waals surface area contributed by atoms with Gasteiger partial charge in [0.05, 0.1) is 0 Å². The number of aromatic nitrogens is 2. The number of nitrogens with zero attached hydrogens (tertiary/aromatic N) is 2. The fourth-order valence-electron chi connectivity index (χ4n) is 1.69. The Hall–Kier alpha value is -1.84. The van der Waals surface area contributed by atoms with Gasteiger partial charge in [-0.25, -0.2) is 9.37 Å². The number of anilines is 1. The van der Waals surface area contributed by atoms with E-state index in [4.69, 9.17) is 5.73 Å². The van der Waals surface area contributed by atoms with Crippen LogP contribution in [-0.2, 0) is 13.0 Å². The van der Waals surface area contributed by atoms with Crippen LogP contribution in [0.25, 0.3) is 0 Å². The second kappa shape index (κ2) is 4.35. The number of hydrogen-bond acceptors (Lipinski definition) is 2. The summed E-state index contributed by atoms with van der Waals surface area (Å²) in [5.74, 6) is 0.640. The second-order valence-corrected chi connectivity index (χ2v) is 3.65. The van der Waals surface area contributed by atoms with E-state index in [0.29, 0.717) is 12.1 Å². The van der Waals surface area contributed by atoms with Gasteiger partial charge in [-0.1, -0.05) is 6.07 Å². The second-order valence-electron chi connectivity index (χ2n) is 3.65. The molecule has 0 unspecified atom stereocenters. The summed E-state index contributed by atoms with van der Waals surface area (Å²) in [6.45, 7) is 2.93. The van der Waals surface area contributed by atoms with Crippen LogP contribution in [0.4, 0.5) is 10.1 Å². The van der Waals surface area contributed by atoms with Gasteiger partial charge in [-0.3, -0.25) is 0 Å². The molecule has 2 aromatic rings. The van der Waals surface area contributed by atoms with E-state index in [1.165, 1.54) is 12.1 Å². The van der Waals surface area contributed by atoms with Crippen molar-refractivity contribution in [1.29, 1.82) is 0 Å². The highest BCUT2D eigenvalue weighted by atomic mass is 19.1. The van der Waals surface area contributed by atoms with E-state index >= 15 is 0 Å². The number of rotatable bonds is 3. The Balaban J connectivity index is 2.27. The van der Waals surface area contributed by atoms with E-state index in [1.54, 1.807) is 12.3 Å². The summed E-state index contributed by atoms with van der Waals surface area (Å²) in [7, 11) is 0. The average molecular weight is 219 g/mol. The zero-order valence-electron chi connectivity index (χ0n) is 9.15. The minimum atomic E-state index is -0.305. The minimum Gasteiger partial charge on any atom is -0.398 e. The van der Waals surface area contributed by atoms with Crippen LogP contribution in [0, 0.1) is 5.82 Å². The van der Waals surface area contributed by atoms with E-state index in [2.05, 4.69) is 11.9 Å². The maximum atomic E-state index is 12.9. The van der Waals surface area contributed by atoms with Gasteiger partial charge in [0, 0.05) is 31.0 Å². The summed E-state index contributed by atoms with van der Waals surface area (Å²) >= 11 is 0. The molecule has 0 fully saturated rings. The number of nitrogen functional groups attached to an aromatic ring is 1. The molecular formula is C12H14FN3. The molecule has 0 amide bonds. The van der Waals surface area contributed by atoms with E-state index in [0.717, 1.165) is 17.9 Å². The quantitative estimate of drug-likeness (QED) is 0.804. The molecule has 84 valence electrons. The molecule has 4 heteroatoms. The van der Waals surface area contributed by atoms with Gasteiger partial charge in [0.1, 0.15) is 11.6 Å². The van der Waals surface area contributed by atoms with Crippen LogP contribution in [-0.4, -0.2) is 9.55 Å². The van der Waals surface area contributed by atoms with Gasteiger partial charge in [-0.05, 0) is 24.6 Å². The summed E-state index contributed by atoms with van der Waals surface area (Å²) in [4.78, 5) is 4.26. The molecular weight excluding hydrogens is 205 g/mol. The fourth-order valence-corrected chi connectivity index (χ4v) is 1.69. The third-order valence-corrected chi connectivity index (χ3v) is 2.60. The van der Waals surface area contributed by atoms with Crippen LogP contribution in [0.3, 0.4) is 0 Å². The van der Waals surface area contributed by atoms with Gasteiger partial charge in [0.2, 0.25) is 0 Å². The summed E-state index contributed by atoms with van der Waals surface area (Å²) in [5, 5.41) is 0. The van der Waals surface area contributed by atoms with Gasteiger partial charge in [0.25, 0.3) is 0 Å². The zero-order valence-corrected chi connectivity index (χ0v) is 9.15. The standard InChI is InChI=1S/C12H14FN3/c1-2-16-6-5-15-12(16)7-9-3-4-10(13)8-11(9)14/h3-6,8H,2,7,14H2,1H3. The first-order valence-electron chi connectivity index (χ1n) is 5.24. The smallest absolute Gasteiger partial charge is 0.125 e. The third-order valence-electron chi connectivity index (χ3n) is 2.60. The molecule has 0 saturated carbocycles. The Kier molecular flexibility index (Phi) is 2.90. The first-order chi connectivity index (χ1) is 7.70. The lowest BCUT2D eigenvalue weighted by atomic mass is 10.1. The molecule has 1 heterocycles. The molecule has 0 spiro atoms. The van der Waals surface area contributed by atoms with E-state index in [1.807, 2.05) is 10.8 Å². The van der Waals surface area contributed by atoms with Crippen molar-refractivity contribution in [1.82, 2.24) is 9.55 Å². The van der Waals surface area contributed by atoms with Crippen molar-refractivity contribution in [3.05, 3.63) is 47.8 Å². The molecule has 2 rings (SSSR count). The summed E-state index contributed by atoms with van der Waals surface area (Å²) < 4.78 is 14.9. The normalized spacial score (nSPS) is 10.6. The van der Waals surface area contributed by atoms with Crippen molar-refractivity contribution in [2.45, 2.75) is 19.9 Å². The predicted molar refractivity (Wildman–Crippen MR) is 61.5 cm³/mol. The van der Waals surface area contributed by atoms with Gasteiger partial charge >= 0.3 is 0 Å². The van der Waals surface area contributed by atoms with Crippen molar-refractivity contribution >= 4 is 5.69 Å². The zero-order chi connectivity index (χ0) is 11.5. The molecule has 2 N–H and O–H groups in total. The number of benzene rings is 1. The van der Waals surface area contributed by atoms with Crippen LogP contribution in [0.2, 0.25) is 0 Å². The number of nitrogens with two attached hydrogens (primary N) is 1. The SMILES string of the molecule is CCn1ccnc1Cc1ccc(F)cc1N. The lowest BCUT2D eigenvalue weighted by Crippen LogP contribution is -2.04. The number of hydrogen-bond donors (Lipinski definition) is 1. The third kappa shape index (κ3) is 2.05. The lowest BCUT2D eigenvalue weighted by molar-refractivity contribution is 0.627. The molecule has 0 bridgehead atoms. The van der Waals surface area contributed by atoms with Gasteiger partial charge < -0.3 is 10.3 Å². The first-order valence-corrected chi connectivity index (χ1v) is 5.24. The van der Waals surface area contributed by atoms with Gasteiger partial charge in [0.15, 0.2) is 0 Å². The maximum Gasteiger partial charge on any atom is 0.125 e. The fraction of sp³-hybridized carbons (Fsp3) is 0.250. The average Bonchev–Trinajstić information content (AvgIpc) is 2.69. The van der Waals surface area contributed by atoms with Crippen LogP contribution < -0.4 is 5.73 Å². The van der Waals surface area contributed by atoms with E-state index in [-0.39, 0.29) is 5.82 Å². The molecule has 0 aliphatic rings. The summed E-state index contributed by atoms with van der Waals surface area (Å²) in [6, 6.07) is 4.47. The molecule has 0 aliphatic carbocycles. The van der Waals surface area contributed by atoms with Gasteiger partial charge in [-0.2, -0.15) is 0 Å². The van der Waals surface area contributed by atoms with Crippen LogP contribution in [0.15, 0.2) is 30.6 Å². The van der Waals surface area contributed by atoms with Crippen molar-refractivity contribution in [3.63, 3.8) is 0 Å². The molecule has 16 heavy (non-hydrogen) atoms. The molecule has 1 aromatic carbocycles. The Morgan fingerprint density at radius 1 is 1.44 bits per heavy atom. The van der Waals surface area contributed by atoms with E-state index < -0.39 is 0 Å². The molecule has 0 atom stereocenters. The highest BCUT2D eigenvalue weighted by molar-refractivity contribution is 5.48. The molecule has 1 aromatic heterocycles. The molecule has 0 aliphatic heterocycles. The molecule has 3 nitrogen and oxygen atoms in total. The Morgan fingerprint density at radius 2 is 2.25 bits per heavy atom. The Labute approximate surface area is 93.7 Å². The van der Waals surface area contributed by atoms with E-state index in [9.17, 15) is 4.39 Å². The van der Waals surface area contributed by atoms with Crippen molar-refractivity contribution in [3.8, 4) is 0 Å². The molecule has 0 saturated heterocycles. The Morgan fingerprint density at radius 3 is 2.94 bits per heavy atom. The number of imidazole rings is 1. The summed E-state index contributed by atoms with van der Waals surface area (Å²) in [5.41, 5.74) is 7.13. The number of aryl methyl sites for hydroxylation is 1. The van der Waals surface area contributed by atoms with Crippen molar-refractivity contribution in [2.75, 3.05) is 5.73 Å². The topological polar surface area (TPSA) is 43.8 Å². The van der Waals surface area contributed by atoms with Crippen molar-refractivity contribution < 1.29 is 4.39 Å². The highest BCUT2D eigenvalue weighted by Gasteiger charge is 2.06. The van der Waals surface area contributed by atoms with Crippen molar-refractivity contribution in [2.24, 2.45) is 0 Å². The summed E-state index contributed by atoms with van der Waals surface area (Å²) in [6.07, 6.45) is 4.32. The molecule has 0 radical (unpaired) electrons. The minimum absolute atomic E-state index is 0.305. The Bertz CT molecular complexity index is 491. The highest BCUT2D eigenvalue weighted by Crippen LogP contribution is 2.16. The lowest BCUT2D eigenvalue weighted by Gasteiger charge is -2.07. The predicted octanol–water partition coefficient (Wildman–Crippen LogP) is 2.22. The maximum absolute atomic E-state index is 12.9. The van der Waals surface area contributed by atoms with Crippen LogP contribution in [0.5, 0.6) is 0 Å². The van der Waals surface area contributed by atoms with Gasteiger partial charge in [-0.15, -0.1) is 0 Å². The largest absolute Gasteiger partial charge is 0.398 e. The van der Waals surface area contributed by atoms with Crippen LogP contribution >= 0.6 is 0 Å². The van der Waals surface area contributed by atoms with Crippen LogP contribution in [0.1, 0.15) is 18.3 Å². The first kappa shape index (κ1) is 10.7. The monoisotopic (exact) mass is 219 g/mol.